The van der Waals surface area contributed by atoms with Gasteiger partial charge in [-0.15, -0.1) is 0 Å². The van der Waals surface area contributed by atoms with Gasteiger partial charge in [-0.25, -0.2) is 9.59 Å². The highest BCUT2D eigenvalue weighted by Gasteiger charge is 2.18. The molecule has 0 aromatic heterocycles. The van der Waals surface area contributed by atoms with E-state index in [2.05, 4.69) is 68.6 Å². The van der Waals surface area contributed by atoms with Crippen molar-refractivity contribution in [2.75, 3.05) is 46.8 Å². The lowest BCUT2D eigenvalue weighted by molar-refractivity contribution is -0.145. The van der Waals surface area contributed by atoms with Crippen molar-refractivity contribution in [3.8, 4) is 11.1 Å². The van der Waals surface area contributed by atoms with Crippen LogP contribution >= 0.6 is 0 Å². The average Bonchev–Trinajstić information content (AvgIpc) is 2.97. The summed E-state index contributed by atoms with van der Waals surface area (Å²) in [7, 11) is 1.48. The molecule has 0 aliphatic rings. The van der Waals surface area contributed by atoms with Gasteiger partial charge in [0, 0.05) is 13.0 Å². The number of esters is 2. The summed E-state index contributed by atoms with van der Waals surface area (Å²) in [4.78, 5) is 24.5. The third kappa shape index (κ3) is 12.3. The molecule has 0 saturated carbocycles. The third-order valence-electron chi connectivity index (χ3n) is 6.46. The van der Waals surface area contributed by atoms with Crippen molar-refractivity contribution in [1.82, 2.24) is 0 Å². The molecule has 2 aromatic carbocycles. The van der Waals surface area contributed by atoms with Crippen LogP contribution in [0.3, 0.4) is 0 Å². The van der Waals surface area contributed by atoms with Crippen molar-refractivity contribution in [2.45, 2.75) is 45.4 Å². The molecule has 0 spiro atoms. The molecule has 1 atom stereocenters. The molecule has 218 valence electrons. The maximum absolute atomic E-state index is 12.3. The Hall–Kier alpha value is -3.26. The molecule has 0 fully saturated rings. The van der Waals surface area contributed by atoms with Crippen LogP contribution in [0.1, 0.15) is 43.7 Å². The molecule has 40 heavy (non-hydrogen) atoms. The number of carbonyl (C=O) groups excluding carboxylic acids is 2. The first-order chi connectivity index (χ1) is 19.4. The minimum atomic E-state index is -0.584. The Morgan fingerprint density at radius 1 is 0.800 bits per heavy atom. The Balaban J connectivity index is 1.95. The largest absolute Gasteiger partial charge is 0.462 e. The molecule has 2 rings (SSSR count). The molecule has 0 aliphatic heterocycles. The normalized spacial score (nSPS) is 11.6. The number of rotatable bonds is 20. The highest BCUT2D eigenvalue weighted by Crippen LogP contribution is 2.22. The van der Waals surface area contributed by atoms with Gasteiger partial charge in [-0.2, -0.15) is 0 Å². The lowest BCUT2D eigenvalue weighted by Gasteiger charge is -2.18. The number of ether oxygens (including phenoxy) is 4. The van der Waals surface area contributed by atoms with Gasteiger partial charge < -0.3 is 24.1 Å². The molecule has 0 saturated heterocycles. The van der Waals surface area contributed by atoms with E-state index in [1.54, 1.807) is 0 Å². The summed E-state index contributed by atoms with van der Waals surface area (Å²) in [6.07, 6.45) is 6.17. The zero-order valence-electron chi connectivity index (χ0n) is 24.0. The summed E-state index contributed by atoms with van der Waals surface area (Å²) in [5, 5.41) is 8.81. The van der Waals surface area contributed by atoms with Crippen molar-refractivity contribution >= 4 is 11.9 Å². The summed E-state index contributed by atoms with van der Waals surface area (Å²) in [6.45, 7) is 9.73. The number of aryl methyl sites for hydroxylation is 2. The zero-order valence-corrected chi connectivity index (χ0v) is 24.0. The second-order valence-electron chi connectivity index (χ2n) is 9.87. The maximum atomic E-state index is 12.3. The van der Waals surface area contributed by atoms with E-state index >= 15 is 0 Å². The lowest BCUT2D eigenvalue weighted by atomic mass is 9.97. The number of benzene rings is 2. The fraction of sp³-hybridized carbons (Fsp3) is 0.455. The molecule has 0 amide bonds. The van der Waals surface area contributed by atoms with E-state index in [-0.39, 0.29) is 56.7 Å². The lowest BCUT2D eigenvalue weighted by Crippen LogP contribution is -2.24. The molecular weight excluding hydrogens is 508 g/mol. The fourth-order valence-electron chi connectivity index (χ4n) is 4.04. The van der Waals surface area contributed by atoms with Crippen LogP contribution in [0.25, 0.3) is 11.1 Å². The number of aliphatic hydroxyl groups excluding tert-OH is 1. The van der Waals surface area contributed by atoms with Crippen LogP contribution in [0, 0.1) is 5.92 Å². The van der Waals surface area contributed by atoms with E-state index in [0.29, 0.717) is 6.42 Å². The minimum Gasteiger partial charge on any atom is -0.462 e. The van der Waals surface area contributed by atoms with Crippen LogP contribution in [-0.4, -0.2) is 63.8 Å². The van der Waals surface area contributed by atoms with E-state index in [9.17, 15) is 9.59 Å². The van der Waals surface area contributed by atoms with Gasteiger partial charge in [-0.05, 0) is 47.9 Å². The van der Waals surface area contributed by atoms with Crippen molar-refractivity contribution in [1.29, 1.82) is 0 Å². The highest BCUT2D eigenvalue weighted by atomic mass is 16.6. The van der Waals surface area contributed by atoms with Gasteiger partial charge in [-0.3, -0.25) is 0 Å². The number of methoxy groups -OCH3 is 1. The monoisotopic (exact) mass is 552 g/mol. The Bertz CT molecular complexity index is 1060. The predicted octanol–water partition coefficient (Wildman–Crippen LogP) is 5.49. The SMILES string of the molecule is C=C(COC)C(=O)OCC(CCc1ccc(-c2ccc(CCCCC)cc2)cc1)COC(=O)C(=C)COCCO. The Morgan fingerprint density at radius 2 is 1.32 bits per heavy atom. The molecule has 0 aliphatic carbocycles. The Kier molecular flexibility index (Phi) is 15.6. The number of aliphatic hydroxyl groups is 1. The number of unbranched alkanes of at least 4 members (excludes halogenated alkanes) is 2. The molecule has 7 nitrogen and oxygen atoms in total. The molecular formula is C33H44O7. The van der Waals surface area contributed by atoms with E-state index in [0.717, 1.165) is 24.0 Å². The van der Waals surface area contributed by atoms with Crippen LogP contribution in [0.15, 0.2) is 72.8 Å². The van der Waals surface area contributed by atoms with Crippen molar-refractivity contribution in [3.63, 3.8) is 0 Å². The van der Waals surface area contributed by atoms with Crippen molar-refractivity contribution in [2.24, 2.45) is 5.92 Å². The first-order valence-electron chi connectivity index (χ1n) is 13.9. The molecule has 7 heteroatoms. The molecule has 0 heterocycles. The quantitative estimate of drug-likeness (QED) is 0.132. The van der Waals surface area contributed by atoms with Crippen LogP contribution in [0.5, 0.6) is 0 Å². The summed E-state index contributed by atoms with van der Waals surface area (Å²) in [5.74, 6) is -1.35. The number of hydrogen-bond acceptors (Lipinski definition) is 7. The van der Waals surface area contributed by atoms with Gasteiger partial charge in [0.2, 0.25) is 0 Å². The molecule has 0 bridgehead atoms. The second-order valence-corrected chi connectivity index (χ2v) is 9.87. The fourth-order valence-corrected chi connectivity index (χ4v) is 4.04. The smallest absolute Gasteiger partial charge is 0.335 e. The summed E-state index contributed by atoms with van der Waals surface area (Å²) < 4.78 is 20.9. The first kappa shape index (κ1) is 32.9. The Morgan fingerprint density at radius 3 is 1.82 bits per heavy atom. The van der Waals surface area contributed by atoms with E-state index in [1.807, 2.05) is 0 Å². The van der Waals surface area contributed by atoms with Gasteiger partial charge in [0.1, 0.15) is 0 Å². The topological polar surface area (TPSA) is 91.3 Å². The summed E-state index contributed by atoms with van der Waals surface area (Å²) >= 11 is 0. The number of hydrogen-bond donors (Lipinski definition) is 1. The molecule has 1 unspecified atom stereocenters. The molecule has 2 aromatic rings. The first-order valence-corrected chi connectivity index (χ1v) is 13.9. The van der Waals surface area contributed by atoms with Crippen molar-refractivity contribution < 1.29 is 33.6 Å². The van der Waals surface area contributed by atoms with Gasteiger partial charge in [0.05, 0.1) is 50.8 Å². The third-order valence-corrected chi connectivity index (χ3v) is 6.46. The van der Waals surface area contributed by atoms with E-state index in [4.69, 9.17) is 24.1 Å². The van der Waals surface area contributed by atoms with Crippen LogP contribution in [0.4, 0.5) is 0 Å². The summed E-state index contributed by atoms with van der Waals surface area (Å²) in [6, 6.07) is 17.2. The van der Waals surface area contributed by atoms with Crippen LogP contribution < -0.4 is 0 Å². The minimum absolute atomic E-state index is 0.0240. The van der Waals surface area contributed by atoms with E-state index < -0.39 is 11.9 Å². The highest BCUT2D eigenvalue weighted by molar-refractivity contribution is 5.88. The van der Waals surface area contributed by atoms with Crippen LogP contribution in [0.2, 0.25) is 0 Å². The second kappa shape index (κ2) is 18.9. The van der Waals surface area contributed by atoms with Crippen molar-refractivity contribution in [3.05, 3.63) is 84.0 Å². The predicted molar refractivity (Wildman–Crippen MR) is 157 cm³/mol. The van der Waals surface area contributed by atoms with E-state index in [1.165, 1.54) is 37.5 Å². The van der Waals surface area contributed by atoms with Gasteiger partial charge in [-0.1, -0.05) is 81.5 Å². The molecule has 1 N–H and O–H groups in total. The average molecular weight is 553 g/mol. The Labute approximate surface area is 238 Å². The molecule has 0 radical (unpaired) electrons. The van der Waals surface area contributed by atoms with Crippen LogP contribution in [-0.2, 0) is 41.4 Å². The van der Waals surface area contributed by atoms with Gasteiger partial charge >= 0.3 is 11.9 Å². The van der Waals surface area contributed by atoms with Gasteiger partial charge in [0.25, 0.3) is 0 Å². The summed E-state index contributed by atoms with van der Waals surface area (Å²) in [5.41, 5.74) is 5.21. The van der Waals surface area contributed by atoms with Gasteiger partial charge in [0.15, 0.2) is 0 Å². The zero-order chi connectivity index (χ0) is 29.2. The maximum Gasteiger partial charge on any atom is 0.335 e. The standard InChI is InChI=1S/C33H44O7/c1-5-6-7-8-27-11-15-30(16-12-27)31-17-13-28(14-18-31)9-10-29(23-39-32(35)25(2)21-37-4)24-40-33(36)26(3)22-38-20-19-34/h11-18,29,34H,2-3,5-10,19-24H2,1,4H3. The number of carbonyl (C=O) groups is 2.